The Morgan fingerprint density at radius 3 is 2.55 bits per heavy atom. The first-order valence-corrected chi connectivity index (χ1v) is 9.39. The smallest absolute Gasteiger partial charge is 0.360 e. The van der Waals surface area contributed by atoms with Crippen molar-refractivity contribution in [3.63, 3.8) is 0 Å². The van der Waals surface area contributed by atoms with E-state index < -0.39 is 17.6 Å². The number of anilines is 1. The average molecular weight is 420 g/mol. The van der Waals surface area contributed by atoms with E-state index in [4.69, 9.17) is 11.0 Å². The number of nitrogens with two attached hydrogens (primary N) is 1. The van der Waals surface area contributed by atoms with Gasteiger partial charge in [0.2, 0.25) is 0 Å². The van der Waals surface area contributed by atoms with Gasteiger partial charge in [-0.3, -0.25) is 0 Å². The van der Waals surface area contributed by atoms with Crippen molar-refractivity contribution in [2.45, 2.75) is 18.6 Å². The number of thiazole rings is 1. The van der Waals surface area contributed by atoms with Crippen molar-refractivity contribution in [3.05, 3.63) is 71.2 Å². The molecule has 3 N–H and O–H groups in total. The lowest BCUT2D eigenvalue weighted by atomic mass is 10.0. The van der Waals surface area contributed by atoms with Gasteiger partial charge in [-0.05, 0) is 41.8 Å². The molecule has 1 atom stereocenters. The van der Waals surface area contributed by atoms with Crippen LogP contribution in [0.4, 0.5) is 22.7 Å². The van der Waals surface area contributed by atoms with Crippen LogP contribution in [-0.4, -0.2) is 17.6 Å². The molecule has 0 aliphatic heterocycles. The number of hydrogen-bond acceptors (Lipinski definition) is 5. The fourth-order valence-electron chi connectivity index (χ4n) is 2.68. The molecule has 1 heterocycles. The van der Waals surface area contributed by atoms with Crippen molar-refractivity contribution in [1.82, 2.24) is 4.98 Å². The highest BCUT2D eigenvalue weighted by Gasteiger charge is 2.29. The van der Waals surface area contributed by atoms with Gasteiger partial charge in [0.1, 0.15) is 11.9 Å². The highest BCUT2D eigenvalue weighted by molar-refractivity contribution is 7.18. The molecular weight excluding hydrogens is 404 g/mol. The fraction of sp³-hybridized carbons (Fsp3) is 0.200. The number of halogens is 4. The van der Waals surface area contributed by atoms with Crippen molar-refractivity contribution in [3.8, 4) is 16.5 Å². The van der Waals surface area contributed by atoms with Crippen LogP contribution in [0.1, 0.15) is 16.7 Å². The number of alkyl halides is 3. The standard InChI is InChI=1S/C20H16F4N4S/c21-17-6-3-13(8-14(17)9-25)18-11-28-19(29-18)27-10-16(26)7-12-1-4-15(5-2-12)20(22,23)24/h1-6,8,11,16H,7,10,26H2,(H,27,28)/t16-/m1/s1. The lowest BCUT2D eigenvalue weighted by Gasteiger charge is -2.13. The fourth-order valence-corrected chi connectivity index (χ4v) is 3.50. The van der Waals surface area contributed by atoms with Gasteiger partial charge in [-0.25, -0.2) is 9.37 Å². The van der Waals surface area contributed by atoms with Gasteiger partial charge in [0.25, 0.3) is 0 Å². The maximum atomic E-state index is 13.4. The number of aromatic nitrogens is 1. The Labute approximate surface area is 168 Å². The molecule has 4 nitrogen and oxygen atoms in total. The number of benzene rings is 2. The predicted octanol–water partition coefficient (Wildman–Crippen LogP) is 4.82. The highest BCUT2D eigenvalue weighted by atomic mass is 32.1. The van der Waals surface area contributed by atoms with Crippen LogP contribution in [0.15, 0.2) is 48.7 Å². The molecule has 0 saturated heterocycles. The molecular formula is C20H16F4N4S. The van der Waals surface area contributed by atoms with E-state index >= 15 is 0 Å². The Morgan fingerprint density at radius 2 is 1.90 bits per heavy atom. The summed E-state index contributed by atoms with van der Waals surface area (Å²) < 4.78 is 51.3. The molecule has 0 spiro atoms. The maximum absolute atomic E-state index is 13.4. The van der Waals surface area contributed by atoms with Crippen LogP contribution < -0.4 is 11.1 Å². The third-order valence-corrected chi connectivity index (χ3v) is 5.18. The normalized spacial score (nSPS) is 12.4. The van der Waals surface area contributed by atoms with Gasteiger partial charge in [-0.2, -0.15) is 18.4 Å². The van der Waals surface area contributed by atoms with Crippen molar-refractivity contribution >= 4 is 16.5 Å². The minimum atomic E-state index is -4.36. The molecule has 0 unspecified atom stereocenters. The summed E-state index contributed by atoms with van der Waals surface area (Å²) in [4.78, 5) is 5.00. The summed E-state index contributed by atoms with van der Waals surface area (Å²) >= 11 is 1.33. The first kappa shape index (κ1) is 20.8. The molecule has 0 fully saturated rings. The van der Waals surface area contributed by atoms with Crippen LogP contribution in [0, 0.1) is 17.1 Å². The maximum Gasteiger partial charge on any atom is 0.416 e. The van der Waals surface area contributed by atoms with E-state index in [1.54, 1.807) is 18.3 Å². The van der Waals surface area contributed by atoms with Gasteiger partial charge in [0.15, 0.2) is 5.13 Å². The van der Waals surface area contributed by atoms with Gasteiger partial charge in [0.05, 0.1) is 16.0 Å². The Balaban J connectivity index is 1.57. The summed E-state index contributed by atoms with van der Waals surface area (Å²) in [5.41, 5.74) is 6.73. The summed E-state index contributed by atoms with van der Waals surface area (Å²) in [5, 5.41) is 12.6. The molecule has 1 aromatic heterocycles. The SMILES string of the molecule is N#Cc1cc(-c2cnc(NC[C@H](N)Cc3ccc(C(F)(F)F)cc3)s2)ccc1F. The molecule has 3 aromatic rings. The van der Waals surface area contributed by atoms with Gasteiger partial charge >= 0.3 is 6.18 Å². The minimum Gasteiger partial charge on any atom is -0.360 e. The zero-order valence-corrected chi connectivity index (χ0v) is 15.8. The van der Waals surface area contributed by atoms with Crippen molar-refractivity contribution in [2.75, 3.05) is 11.9 Å². The second-order valence-electron chi connectivity index (χ2n) is 6.38. The van der Waals surface area contributed by atoms with E-state index in [9.17, 15) is 17.6 Å². The topological polar surface area (TPSA) is 74.7 Å². The van der Waals surface area contributed by atoms with Gasteiger partial charge in [-0.1, -0.05) is 29.5 Å². The minimum absolute atomic E-state index is 0.0380. The zero-order valence-electron chi connectivity index (χ0n) is 15.0. The van der Waals surface area contributed by atoms with Crippen LogP contribution in [0.5, 0.6) is 0 Å². The molecule has 0 saturated carbocycles. The molecule has 0 aliphatic carbocycles. The van der Waals surface area contributed by atoms with Gasteiger partial charge in [0, 0.05) is 18.8 Å². The Morgan fingerprint density at radius 1 is 1.17 bits per heavy atom. The summed E-state index contributed by atoms with van der Waals surface area (Å²) in [6.45, 7) is 0.376. The molecule has 0 radical (unpaired) electrons. The van der Waals surface area contributed by atoms with Crippen LogP contribution in [0.3, 0.4) is 0 Å². The third kappa shape index (κ3) is 5.31. The Hall–Kier alpha value is -2.96. The summed E-state index contributed by atoms with van der Waals surface area (Å²) in [7, 11) is 0. The molecule has 0 aliphatic rings. The van der Waals surface area contributed by atoms with Crippen molar-refractivity contribution < 1.29 is 17.6 Å². The van der Waals surface area contributed by atoms with Crippen molar-refractivity contribution in [2.24, 2.45) is 5.73 Å². The number of nitriles is 1. The Kier molecular flexibility index (Phi) is 6.15. The first-order valence-electron chi connectivity index (χ1n) is 8.57. The molecule has 0 bridgehead atoms. The second kappa shape index (κ2) is 8.59. The average Bonchev–Trinajstić information content (AvgIpc) is 3.15. The summed E-state index contributed by atoms with van der Waals surface area (Å²) in [5.74, 6) is -0.576. The molecule has 29 heavy (non-hydrogen) atoms. The largest absolute Gasteiger partial charge is 0.416 e. The monoisotopic (exact) mass is 420 g/mol. The van der Waals surface area contributed by atoms with E-state index in [-0.39, 0.29) is 11.6 Å². The first-order chi connectivity index (χ1) is 13.8. The van der Waals surface area contributed by atoms with E-state index in [1.165, 1.54) is 35.6 Å². The summed E-state index contributed by atoms with van der Waals surface area (Å²) in [6, 6.07) is 10.7. The quantitative estimate of drug-likeness (QED) is 0.561. The number of nitrogens with zero attached hydrogens (tertiary/aromatic N) is 2. The van der Waals surface area contributed by atoms with Crippen LogP contribution in [0.25, 0.3) is 10.4 Å². The van der Waals surface area contributed by atoms with E-state index in [0.717, 1.165) is 17.0 Å². The molecule has 0 amide bonds. The van der Waals surface area contributed by atoms with E-state index in [0.29, 0.717) is 29.2 Å². The highest BCUT2D eigenvalue weighted by Crippen LogP contribution is 2.30. The van der Waals surface area contributed by atoms with E-state index in [1.807, 2.05) is 0 Å². The predicted molar refractivity (Wildman–Crippen MR) is 104 cm³/mol. The van der Waals surface area contributed by atoms with Crippen LogP contribution in [0.2, 0.25) is 0 Å². The summed E-state index contributed by atoms with van der Waals surface area (Å²) in [6.07, 6.45) is -2.33. The van der Waals surface area contributed by atoms with Gasteiger partial charge < -0.3 is 11.1 Å². The van der Waals surface area contributed by atoms with Crippen LogP contribution in [-0.2, 0) is 12.6 Å². The molecule has 2 aromatic carbocycles. The second-order valence-corrected chi connectivity index (χ2v) is 7.41. The lowest BCUT2D eigenvalue weighted by Crippen LogP contribution is -2.31. The molecule has 150 valence electrons. The molecule has 3 rings (SSSR count). The van der Waals surface area contributed by atoms with Crippen molar-refractivity contribution in [1.29, 1.82) is 5.26 Å². The number of rotatable bonds is 6. The molecule has 9 heteroatoms. The lowest BCUT2D eigenvalue weighted by molar-refractivity contribution is -0.137. The third-order valence-electron chi connectivity index (χ3n) is 4.17. The number of hydrogen-bond donors (Lipinski definition) is 2. The van der Waals surface area contributed by atoms with E-state index in [2.05, 4.69) is 10.3 Å². The van der Waals surface area contributed by atoms with Crippen LogP contribution >= 0.6 is 11.3 Å². The Bertz CT molecular complexity index is 1020. The van der Waals surface area contributed by atoms with Gasteiger partial charge in [-0.15, -0.1) is 0 Å². The number of nitrogens with one attached hydrogen (secondary N) is 1. The zero-order chi connectivity index (χ0) is 21.0.